The van der Waals surface area contributed by atoms with Crippen LogP contribution in [-0.2, 0) is 0 Å². The lowest BCUT2D eigenvalue weighted by Gasteiger charge is -2.38. The summed E-state index contributed by atoms with van der Waals surface area (Å²) < 4.78 is 0. The van der Waals surface area contributed by atoms with E-state index in [0.29, 0.717) is 0 Å². The fourth-order valence-electron chi connectivity index (χ4n) is 2.36. The smallest absolute Gasteiger partial charge is 0.0781 e. The van der Waals surface area contributed by atoms with E-state index in [9.17, 15) is 10.2 Å². The zero-order chi connectivity index (χ0) is 12.5. The van der Waals surface area contributed by atoms with Gasteiger partial charge in [0.05, 0.1) is 11.7 Å². The van der Waals surface area contributed by atoms with Crippen molar-refractivity contribution >= 4 is 5.69 Å². The molecule has 0 aromatic heterocycles. The van der Waals surface area contributed by atoms with Crippen molar-refractivity contribution in [2.45, 2.75) is 38.4 Å². The molecular formula is C14H21NO2. The Morgan fingerprint density at radius 3 is 2.41 bits per heavy atom. The number of anilines is 1. The van der Waals surface area contributed by atoms with Crippen molar-refractivity contribution in [2.24, 2.45) is 0 Å². The Bertz CT molecular complexity index is 378. The van der Waals surface area contributed by atoms with Gasteiger partial charge in [-0.05, 0) is 32.8 Å². The van der Waals surface area contributed by atoms with E-state index in [-0.39, 0.29) is 0 Å². The molecule has 0 radical (unpaired) electrons. The van der Waals surface area contributed by atoms with Crippen molar-refractivity contribution in [3.8, 4) is 0 Å². The van der Waals surface area contributed by atoms with Crippen molar-refractivity contribution < 1.29 is 10.2 Å². The summed E-state index contributed by atoms with van der Waals surface area (Å²) in [5, 5.41) is 19.7. The predicted molar refractivity (Wildman–Crippen MR) is 69.1 cm³/mol. The van der Waals surface area contributed by atoms with E-state index in [0.717, 1.165) is 37.2 Å². The van der Waals surface area contributed by atoms with Crippen LogP contribution in [0, 0.1) is 0 Å². The molecule has 1 aromatic rings. The Morgan fingerprint density at radius 2 is 1.82 bits per heavy atom. The molecule has 17 heavy (non-hydrogen) atoms. The van der Waals surface area contributed by atoms with Gasteiger partial charge in [0.2, 0.25) is 0 Å². The molecule has 1 aliphatic rings. The quantitative estimate of drug-likeness (QED) is 0.825. The van der Waals surface area contributed by atoms with Crippen molar-refractivity contribution in [3.63, 3.8) is 0 Å². The van der Waals surface area contributed by atoms with E-state index in [1.165, 1.54) is 0 Å². The summed E-state index contributed by atoms with van der Waals surface area (Å²) in [6.07, 6.45) is 1.11. The van der Waals surface area contributed by atoms with Crippen LogP contribution in [0.25, 0.3) is 0 Å². The molecule has 1 fully saturated rings. The number of piperidine rings is 1. The van der Waals surface area contributed by atoms with Crippen molar-refractivity contribution in [1.82, 2.24) is 0 Å². The second-order valence-corrected chi connectivity index (χ2v) is 5.22. The van der Waals surface area contributed by atoms with E-state index in [2.05, 4.69) is 4.90 Å². The predicted octanol–water partition coefficient (Wildman–Crippen LogP) is 2.09. The first-order valence-corrected chi connectivity index (χ1v) is 6.24. The minimum absolute atomic E-state index is 0.450. The molecule has 0 unspecified atom stereocenters. The van der Waals surface area contributed by atoms with Crippen LogP contribution >= 0.6 is 0 Å². The fraction of sp³-hybridized carbons (Fsp3) is 0.571. The first kappa shape index (κ1) is 12.4. The highest BCUT2D eigenvalue weighted by atomic mass is 16.3. The van der Waals surface area contributed by atoms with Gasteiger partial charge in [-0.1, -0.05) is 18.2 Å². The number of aliphatic hydroxyl groups excluding tert-OH is 1. The van der Waals surface area contributed by atoms with Crippen LogP contribution in [0.15, 0.2) is 24.3 Å². The summed E-state index contributed by atoms with van der Waals surface area (Å²) in [5.74, 6) is 0. The monoisotopic (exact) mass is 235 g/mol. The molecule has 2 N–H and O–H groups in total. The molecular weight excluding hydrogens is 214 g/mol. The number of hydrogen-bond donors (Lipinski definition) is 2. The Hall–Kier alpha value is -1.06. The Morgan fingerprint density at radius 1 is 1.24 bits per heavy atom. The average Bonchev–Trinajstić information content (AvgIpc) is 2.29. The van der Waals surface area contributed by atoms with Gasteiger partial charge in [0.25, 0.3) is 0 Å². The van der Waals surface area contributed by atoms with Crippen LogP contribution in [0.1, 0.15) is 38.4 Å². The van der Waals surface area contributed by atoms with Crippen molar-refractivity contribution in [3.05, 3.63) is 29.8 Å². The highest BCUT2D eigenvalue weighted by Crippen LogP contribution is 2.30. The van der Waals surface area contributed by atoms with Crippen LogP contribution in [0.5, 0.6) is 0 Å². The Balaban J connectivity index is 2.18. The lowest BCUT2D eigenvalue weighted by atomic mass is 9.93. The van der Waals surface area contributed by atoms with E-state index < -0.39 is 11.7 Å². The van der Waals surface area contributed by atoms with Crippen LogP contribution in [0.4, 0.5) is 5.69 Å². The van der Waals surface area contributed by atoms with Gasteiger partial charge in [-0.2, -0.15) is 0 Å². The molecule has 1 aliphatic heterocycles. The number of rotatable bonds is 2. The molecule has 0 amide bonds. The van der Waals surface area contributed by atoms with Crippen LogP contribution in [0.2, 0.25) is 0 Å². The Kier molecular flexibility index (Phi) is 3.40. The maximum atomic E-state index is 9.94. The molecule has 1 saturated heterocycles. The molecule has 1 aromatic carbocycles. The summed E-state index contributed by atoms with van der Waals surface area (Å²) >= 11 is 0. The van der Waals surface area contributed by atoms with Gasteiger partial charge in [0, 0.05) is 24.3 Å². The first-order chi connectivity index (χ1) is 7.99. The van der Waals surface area contributed by atoms with Gasteiger partial charge in [-0.3, -0.25) is 0 Å². The van der Waals surface area contributed by atoms with Gasteiger partial charge in [-0.15, -0.1) is 0 Å². The van der Waals surface area contributed by atoms with Crippen molar-refractivity contribution in [1.29, 1.82) is 0 Å². The largest absolute Gasteiger partial charge is 0.390 e. The van der Waals surface area contributed by atoms with E-state index >= 15 is 0 Å². The Labute approximate surface area is 103 Å². The average molecular weight is 235 g/mol. The zero-order valence-electron chi connectivity index (χ0n) is 10.6. The maximum Gasteiger partial charge on any atom is 0.0781 e. The minimum Gasteiger partial charge on any atom is -0.390 e. The van der Waals surface area contributed by atoms with Crippen LogP contribution < -0.4 is 4.90 Å². The lowest BCUT2D eigenvalue weighted by Crippen LogP contribution is -2.42. The van der Waals surface area contributed by atoms with Gasteiger partial charge in [0.1, 0.15) is 0 Å². The third kappa shape index (κ3) is 2.79. The second-order valence-electron chi connectivity index (χ2n) is 5.22. The zero-order valence-corrected chi connectivity index (χ0v) is 10.6. The third-order valence-electron chi connectivity index (χ3n) is 3.57. The molecule has 0 bridgehead atoms. The number of aliphatic hydroxyl groups is 2. The standard InChI is InChI=1S/C14H21NO2/c1-11(16)12-5-3-4-6-13(12)15-9-7-14(2,17)8-10-15/h3-6,11,16-17H,7-10H2,1-2H3/t11-/m0/s1. The number of para-hydroxylation sites is 1. The van der Waals surface area contributed by atoms with E-state index in [4.69, 9.17) is 0 Å². The van der Waals surface area contributed by atoms with E-state index in [1.54, 1.807) is 6.92 Å². The summed E-state index contributed by atoms with van der Waals surface area (Å²) in [5.41, 5.74) is 1.53. The van der Waals surface area contributed by atoms with Crippen molar-refractivity contribution in [2.75, 3.05) is 18.0 Å². The van der Waals surface area contributed by atoms with E-state index in [1.807, 2.05) is 31.2 Å². The highest BCUT2D eigenvalue weighted by Gasteiger charge is 2.28. The normalized spacial score (nSPS) is 21.3. The topological polar surface area (TPSA) is 43.7 Å². The van der Waals surface area contributed by atoms with Gasteiger partial charge >= 0.3 is 0 Å². The summed E-state index contributed by atoms with van der Waals surface area (Å²) in [4.78, 5) is 2.25. The third-order valence-corrected chi connectivity index (χ3v) is 3.57. The molecule has 94 valence electrons. The van der Waals surface area contributed by atoms with Gasteiger partial charge in [-0.25, -0.2) is 0 Å². The van der Waals surface area contributed by atoms with Crippen LogP contribution in [0.3, 0.4) is 0 Å². The van der Waals surface area contributed by atoms with Gasteiger partial charge in [0.15, 0.2) is 0 Å². The highest BCUT2D eigenvalue weighted by molar-refractivity contribution is 5.54. The number of nitrogens with zero attached hydrogens (tertiary/aromatic N) is 1. The minimum atomic E-state index is -0.531. The molecule has 1 heterocycles. The molecule has 3 heteroatoms. The first-order valence-electron chi connectivity index (χ1n) is 6.24. The maximum absolute atomic E-state index is 9.94. The molecule has 0 aliphatic carbocycles. The number of benzene rings is 1. The van der Waals surface area contributed by atoms with Gasteiger partial charge < -0.3 is 15.1 Å². The summed E-state index contributed by atoms with van der Waals surface area (Å²) in [6.45, 7) is 5.37. The summed E-state index contributed by atoms with van der Waals surface area (Å²) in [6, 6.07) is 7.95. The molecule has 0 saturated carbocycles. The fourth-order valence-corrected chi connectivity index (χ4v) is 2.36. The molecule has 1 atom stereocenters. The molecule has 0 spiro atoms. The SMILES string of the molecule is C[C@H](O)c1ccccc1N1CCC(C)(O)CC1. The second kappa shape index (κ2) is 4.67. The van der Waals surface area contributed by atoms with Crippen LogP contribution in [-0.4, -0.2) is 28.9 Å². The molecule has 2 rings (SSSR count). The summed E-state index contributed by atoms with van der Waals surface area (Å²) in [7, 11) is 0. The lowest BCUT2D eigenvalue weighted by molar-refractivity contribution is 0.0350. The number of hydrogen-bond acceptors (Lipinski definition) is 3. The molecule has 3 nitrogen and oxygen atoms in total.